The normalized spacial score (nSPS) is 17.8. The Morgan fingerprint density at radius 3 is 2.91 bits per heavy atom. The van der Waals surface area contributed by atoms with Gasteiger partial charge >= 0.3 is 0 Å². The standard InChI is InChI=1S/C17H20N2O3/c1-11-16(18-12(2)22-11)17(20)19-9-5-8-15(19)13-6-4-7-14(10-13)21-3/h4,6-7,10,15H,5,8-9H2,1-3H3/t15-/m0/s1. The zero-order valence-corrected chi connectivity index (χ0v) is 13.1. The van der Waals surface area contributed by atoms with E-state index in [1.807, 2.05) is 29.2 Å². The van der Waals surface area contributed by atoms with Crippen molar-refractivity contribution < 1.29 is 13.9 Å². The summed E-state index contributed by atoms with van der Waals surface area (Å²) in [5.41, 5.74) is 1.52. The molecule has 1 amide bonds. The van der Waals surface area contributed by atoms with Crippen LogP contribution in [0.4, 0.5) is 0 Å². The van der Waals surface area contributed by atoms with E-state index in [0.29, 0.717) is 17.3 Å². The highest BCUT2D eigenvalue weighted by molar-refractivity contribution is 5.93. The molecule has 1 saturated heterocycles. The van der Waals surface area contributed by atoms with Gasteiger partial charge in [-0.3, -0.25) is 4.79 Å². The summed E-state index contributed by atoms with van der Waals surface area (Å²) in [5, 5.41) is 0. The van der Waals surface area contributed by atoms with Crippen molar-refractivity contribution in [1.29, 1.82) is 0 Å². The van der Waals surface area contributed by atoms with Crippen molar-refractivity contribution in [1.82, 2.24) is 9.88 Å². The van der Waals surface area contributed by atoms with Gasteiger partial charge in [-0.1, -0.05) is 12.1 Å². The third kappa shape index (κ3) is 2.58. The summed E-state index contributed by atoms with van der Waals surface area (Å²) in [5.74, 6) is 1.86. The van der Waals surface area contributed by atoms with Crippen molar-refractivity contribution in [3.63, 3.8) is 0 Å². The van der Waals surface area contributed by atoms with Gasteiger partial charge < -0.3 is 14.1 Å². The summed E-state index contributed by atoms with van der Waals surface area (Å²) in [6.07, 6.45) is 1.94. The minimum absolute atomic E-state index is 0.0559. The molecular formula is C17H20N2O3. The molecule has 22 heavy (non-hydrogen) atoms. The average Bonchev–Trinajstić information content (AvgIpc) is 3.13. The monoisotopic (exact) mass is 300 g/mol. The van der Waals surface area contributed by atoms with Gasteiger partial charge in [0.15, 0.2) is 11.6 Å². The Bertz CT molecular complexity index is 693. The highest BCUT2D eigenvalue weighted by atomic mass is 16.5. The lowest BCUT2D eigenvalue weighted by Crippen LogP contribution is -2.31. The molecule has 0 N–H and O–H groups in total. The van der Waals surface area contributed by atoms with Crippen molar-refractivity contribution in [3.8, 4) is 5.75 Å². The molecule has 2 aromatic rings. The first-order chi connectivity index (χ1) is 10.6. The molecule has 0 bridgehead atoms. The zero-order valence-electron chi connectivity index (χ0n) is 13.1. The minimum atomic E-state index is -0.0559. The van der Waals surface area contributed by atoms with E-state index in [4.69, 9.17) is 9.15 Å². The van der Waals surface area contributed by atoms with E-state index in [0.717, 1.165) is 30.7 Å². The summed E-state index contributed by atoms with van der Waals surface area (Å²) in [6.45, 7) is 4.28. The van der Waals surface area contributed by atoms with E-state index >= 15 is 0 Å². The molecule has 2 heterocycles. The number of nitrogens with zero attached hydrogens (tertiary/aromatic N) is 2. The van der Waals surface area contributed by atoms with Gasteiger partial charge in [0.25, 0.3) is 5.91 Å². The summed E-state index contributed by atoms with van der Waals surface area (Å²) in [6, 6.07) is 7.98. The molecule has 0 radical (unpaired) electrons. The molecule has 0 saturated carbocycles. The molecule has 5 heteroatoms. The number of methoxy groups -OCH3 is 1. The number of carbonyl (C=O) groups is 1. The maximum Gasteiger partial charge on any atom is 0.276 e. The third-order valence-electron chi connectivity index (χ3n) is 4.10. The van der Waals surface area contributed by atoms with Gasteiger partial charge in [0.2, 0.25) is 0 Å². The highest BCUT2D eigenvalue weighted by Gasteiger charge is 2.33. The molecule has 1 fully saturated rings. The lowest BCUT2D eigenvalue weighted by atomic mass is 10.0. The van der Waals surface area contributed by atoms with Crippen LogP contribution in [0.15, 0.2) is 28.7 Å². The quantitative estimate of drug-likeness (QED) is 0.873. The lowest BCUT2D eigenvalue weighted by molar-refractivity contribution is 0.0728. The first-order valence-corrected chi connectivity index (χ1v) is 7.49. The van der Waals surface area contributed by atoms with Crippen LogP contribution < -0.4 is 4.74 Å². The number of benzene rings is 1. The Labute approximate surface area is 129 Å². The molecule has 3 rings (SSSR count). The van der Waals surface area contributed by atoms with E-state index in [2.05, 4.69) is 4.98 Å². The molecule has 0 unspecified atom stereocenters. The fourth-order valence-electron chi connectivity index (χ4n) is 3.07. The number of hydrogen-bond acceptors (Lipinski definition) is 4. The fourth-order valence-corrected chi connectivity index (χ4v) is 3.07. The average molecular weight is 300 g/mol. The third-order valence-corrected chi connectivity index (χ3v) is 4.10. The van der Waals surface area contributed by atoms with Gasteiger partial charge in [-0.15, -0.1) is 0 Å². The van der Waals surface area contributed by atoms with Crippen molar-refractivity contribution in [2.24, 2.45) is 0 Å². The van der Waals surface area contributed by atoms with E-state index < -0.39 is 0 Å². The number of oxazole rings is 1. The number of rotatable bonds is 3. The zero-order chi connectivity index (χ0) is 15.7. The summed E-state index contributed by atoms with van der Waals surface area (Å²) >= 11 is 0. The Kier molecular flexibility index (Phi) is 3.88. The molecule has 1 aromatic carbocycles. The number of amides is 1. The van der Waals surface area contributed by atoms with E-state index in [9.17, 15) is 4.79 Å². The molecular weight excluding hydrogens is 280 g/mol. The fraction of sp³-hybridized carbons (Fsp3) is 0.412. The Morgan fingerprint density at radius 1 is 1.41 bits per heavy atom. The molecule has 1 aliphatic rings. The van der Waals surface area contributed by atoms with Crippen LogP contribution in [0.1, 0.15) is 46.6 Å². The van der Waals surface area contributed by atoms with Crippen molar-refractivity contribution in [3.05, 3.63) is 47.2 Å². The van der Waals surface area contributed by atoms with Crippen LogP contribution in [-0.4, -0.2) is 29.4 Å². The van der Waals surface area contributed by atoms with E-state index in [1.54, 1.807) is 21.0 Å². The number of likely N-dealkylation sites (tertiary alicyclic amines) is 1. The largest absolute Gasteiger partial charge is 0.497 e. The summed E-state index contributed by atoms with van der Waals surface area (Å²) in [4.78, 5) is 18.9. The maximum atomic E-state index is 12.8. The van der Waals surface area contributed by atoms with Crippen molar-refractivity contribution in [2.45, 2.75) is 32.7 Å². The van der Waals surface area contributed by atoms with Gasteiger partial charge in [-0.05, 0) is 37.5 Å². The summed E-state index contributed by atoms with van der Waals surface area (Å²) in [7, 11) is 1.65. The Hall–Kier alpha value is -2.30. The first kappa shape index (κ1) is 14.6. The second-order valence-electron chi connectivity index (χ2n) is 5.57. The second kappa shape index (κ2) is 5.83. The predicted molar refractivity (Wildman–Crippen MR) is 82.0 cm³/mol. The number of ether oxygens (including phenoxy) is 1. The maximum absolute atomic E-state index is 12.8. The predicted octanol–water partition coefficient (Wildman–Crippen LogP) is 3.28. The molecule has 0 spiro atoms. The lowest BCUT2D eigenvalue weighted by Gasteiger charge is -2.24. The Morgan fingerprint density at radius 2 is 2.23 bits per heavy atom. The molecule has 116 valence electrons. The van der Waals surface area contributed by atoms with Crippen LogP contribution in [0.25, 0.3) is 0 Å². The molecule has 1 atom stereocenters. The second-order valence-corrected chi connectivity index (χ2v) is 5.57. The van der Waals surface area contributed by atoms with Crippen LogP contribution in [0, 0.1) is 13.8 Å². The van der Waals surface area contributed by atoms with Gasteiger partial charge in [-0.25, -0.2) is 4.98 Å². The van der Waals surface area contributed by atoms with Crippen molar-refractivity contribution in [2.75, 3.05) is 13.7 Å². The molecule has 0 aliphatic carbocycles. The van der Waals surface area contributed by atoms with Crippen LogP contribution in [0.2, 0.25) is 0 Å². The number of hydrogen-bond donors (Lipinski definition) is 0. The van der Waals surface area contributed by atoms with Crippen LogP contribution >= 0.6 is 0 Å². The Balaban J connectivity index is 1.89. The molecule has 1 aliphatic heterocycles. The van der Waals surface area contributed by atoms with Crippen LogP contribution in [-0.2, 0) is 0 Å². The smallest absolute Gasteiger partial charge is 0.276 e. The van der Waals surface area contributed by atoms with Gasteiger partial charge in [-0.2, -0.15) is 0 Å². The van der Waals surface area contributed by atoms with Crippen LogP contribution in [0.3, 0.4) is 0 Å². The summed E-state index contributed by atoms with van der Waals surface area (Å²) < 4.78 is 10.7. The molecule has 5 nitrogen and oxygen atoms in total. The van der Waals surface area contributed by atoms with E-state index in [-0.39, 0.29) is 11.9 Å². The SMILES string of the molecule is COc1cccc([C@@H]2CCCN2C(=O)c2nc(C)oc2C)c1. The number of aromatic nitrogens is 1. The van der Waals surface area contributed by atoms with Gasteiger partial charge in [0.05, 0.1) is 13.2 Å². The first-order valence-electron chi connectivity index (χ1n) is 7.49. The number of carbonyl (C=O) groups excluding carboxylic acids is 1. The van der Waals surface area contributed by atoms with Crippen LogP contribution in [0.5, 0.6) is 5.75 Å². The topological polar surface area (TPSA) is 55.6 Å². The van der Waals surface area contributed by atoms with Gasteiger partial charge in [0.1, 0.15) is 11.5 Å². The minimum Gasteiger partial charge on any atom is -0.497 e. The number of aryl methyl sites for hydroxylation is 2. The van der Waals surface area contributed by atoms with Crippen molar-refractivity contribution >= 4 is 5.91 Å². The molecule has 1 aromatic heterocycles. The highest BCUT2D eigenvalue weighted by Crippen LogP contribution is 2.34. The van der Waals surface area contributed by atoms with Gasteiger partial charge in [0, 0.05) is 13.5 Å². The van der Waals surface area contributed by atoms with E-state index in [1.165, 1.54) is 0 Å².